The summed E-state index contributed by atoms with van der Waals surface area (Å²) in [5, 5.41) is 6.95. The lowest BCUT2D eigenvalue weighted by Crippen LogP contribution is -2.34. The molecule has 3 aromatic rings. The van der Waals surface area contributed by atoms with Crippen molar-refractivity contribution in [1.82, 2.24) is 10.7 Å². The van der Waals surface area contributed by atoms with Gasteiger partial charge in [-0.3, -0.25) is 9.59 Å². The number of benzene rings is 3. The lowest BCUT2D eigenvalue weighted by molar-refractivity contribution is -0.120. The van der Waals surface area contributed by atoms with Crippen molar-refractivity contribution in [1.29, 1.82) is 0 Å². The number of amides is 2. The maximum absolute atomic E-state index is 12.2. The van der Waals surface area contributed by atoms with Crippen LogP contribution in [0.15, 0.2) is 71.8 Å². The summed E-state index contributed by atoms with van der Waals surface area (Å²) in [5.74, 6) is -0.582. The first-order valence-corrected chi connectivity index (χ1v) is 10.6. The maximum Gasteiger partial charge on any atom is 0.345 e. The molecule has 2 N–H and O–H groups in total. The Kier molecular flexibility index (Phi) is 8.61. The molecule has 0 unspecified atom stereocenters. The summed E-state index contributed by atoms with van der Waals surface area (Å²) in [6.07, 6.45) is 1.41. The fourth-order valence-corrected chi connectivity index (χ4v) is 3.15. The fraction of sp³-hybridized carbons (Fsp3) is 0.0833. The van der Waals surface area contributed by atoms with Crippen LogP contribution in [0.3, 0.4) is 0 Å². The van der Waals surface area contributed by atoms with Crippen molar-refractivity contribution in [2.24, 2.45) is 5.10 Å². The van der Waals surface area contributed by atoms with E-state index in [-0.39, 0.29) is 17.1 Å². The number of halogens is 2. The zero-order valence-electron chi connectivity index (χ0n) is 17.9. The average Bonchev–Trinajstić information content (AvgIpc) is 2.83. The third-order valence-electron chi connectivity index (χ3n) is 4.41. The van der Waals surface area contributed by atoms with Crippen LogP contribution in [-0.4, -0.2) is 37.7 Å². The Morgan fingerprint density at radius 3 is 2.26 bits per heavy atom. The van der Waals surface area contributed by atoms with Gasteiger partial charge in [0.15, 0.2) is 0 Å². The molecule has 0 fully saturated rings. The largest absolute Gasteiger partial charge is 0.497 e. The number of hydrogen-bond acceptors (Lipinski definition) is 6. The fourth-order valence-electron chi connectivity index (χ4n) is 2.66. The van der Waals surface area contributed by atoms with Crippen LogP contribution in [0.5, 0.6) is 11.5 Å². The number of carbonyl (C=O) groups is 3. The molecule has 34 heavy (non-hydrogen) atoms. The summed E-state index contributed by atoms with van der Waals surface area (Å²) < 4.78 is 10.3. The van der Waals surface area contributed by atoms with E-state index >= 15 is 0 Å². The first-order chi connectivity index (χ1) is 16.4. The summed E-state index contributed by atoms with van der Waals surface area (Å²) in [5.41, 5.74) is 3.56. The molecular formula is C24H19Cl2N3O5. The molecule has 0 radical (unpaired) electrons. The molecule has 0 aromatic heterocycles. The van der Waals surface area contributed by atoms with Crippen molar-refractivity contribution in [3.63, 3.8) is 0 Å². The minimum atomic E-state index is -0.618. The van der Waals surface area contributed by atoms with Gasteiger partial charge in [-0.2, -0.15) is 5.10 Å². The lowest BCUT2D eigenvalue weighted by Gasteiger charge is -2.06. The van der Waals surface area contributed by atoms with Crippen LogP contribution in [0.25, 0.3) is 0 Å². The van der Waals surface area contributed by atoms with Gasteiger partial charge < -0.3 is 14.8 Å². The molecule has 0 bridgehead atoms. The molecule has 0 aliphatic carbocycles. The van der Waals surface area contributed by atoms with E-state index in [1.54, 1.807) is 54.6 Å². The van der Waals surface area contributed by atoms with Crippen LogP contribution in [0.4, 0.5) is 0 Å². The molecule has 0 spiro atoms. The minimum absolute atomic E-state index is 0.192. The first kappa shape index (κ1) is 24.8. The van der Waals surface area contributed by atoms with Crippen molar-refractivity contribution in [2.75, 3.05) is 13.7 Å². The summed E-state index contributed by atoms with van der Waals surface area (Å²) in [4.78, 5) is 36.2. The molecule has 0 aliphatic heterocycles. The Morgan fingerprint density at radius 2 is 1.62 bits per heavy atom. The zero-order valence-corrected chi connectivity index (χ0v) is 19.4. The van der Waals surface area contributed by atoms with E-state index in [9.17, 15) is 14.4 Å². The average molecular weight is 500 g/mol. The Bertz CT molecular complexity index is 1210. The lowest BCUT2D eigenvalue weighted by atomic mass is 10.2. The Labute approximate surface area is 205 Å². The number of nitrogens with zero attached hydrogens (tertiary/aromatic N) is 1. The summed E-state index contributed by atoms with van der Waals surface area (Å²) in [7, 11) is 1.53. The molecule has 174 valence electrons. The monoisotopic (exact) mass is 499 g/mol. The number of hydrogen-bond donors (Lipinski definition) is 2. The predicted octanol–water partition coefficient (Wildman–Crippen LogP) is 4.10. The highest BCUT2D eigenvalue weighted by molar-refractivity contribution is 6.36. The van der Waals surface area contributed by atoms with Crippen molar-refractivity contribution >= 4 is 47.2 Å². The van der Waals surface area contributed by atoms with Crippen molar-refractivity contribution in [2.45, 2.75) is 0 Å². The van der Waals surface area contributed by atoms with Crippen molar-refractivity contribution in [3.05, 3.63) is 93.5 Å². The molecule has 3 aromatic carbocycles. The van der Waals surface area contributed by atoms with E-state index in [2.05, 4.69) is 15.8 Å². The first-order valence-electron chi connectivity index (χ1n) is 9.87. The molecule has 10 heteroatoms. The van der Waals surface area contributed by atoms with Crippen LogP contribution in [-0.2, 0) is 4.79 Å². The number of ether oxygens (including phenoxy) is 2. The molecule has 2 amide bonds. The molecule has 0 heterocycles. The van der Waals surface area contributed by atoms with Crippen molar-refractivity contribution in [3.8, 4) is 11.5 Å². The van der Waals surface area contributed by atoms with Gasteiger partial charge in [-0.1, -0.05) is 23.2 Å². The molecular weight excluding hydrogens is 481 g/mol. The van der Waals surface area contributed by atoms with Gasteiger partial charge in [0.2, 0.25) is 0 Å². The van der Waals surface area contributed by atoms with Gasteiger partial charge in [-0.25, -0.2) is 10.2 Å². The molecule has 0 saturated carbocycles. The maximum atomic E-state index is 12.2. The van der Waals surface area contributed by atoms with E-state index in [0.29, 0.717) is 27.6 Å². The second-order valence-electron chi connectivity index (χ2n) is 6.79. The molecule has 8 nitrogen and oxygen atoms in total. The van der Waals surface area contributed by atoms with E-state index in [1.165, 1.54) is 25.5 Å². The number of rotatable bonds is 8. The van der Waals surface area contributed by atoms with E-state index in [4.69, 9.17) is 32.7 Å². The normalized spacial score (nSPS) is 10.6. The van der Waals surface area contributed by atoms with Gasteiger partial charge >= 0.3 is 5.97 Å². The molecule has 0 saturated heterocycles. The summed E-state index contributed by atoms with van der Waals surface area (Å²) in [6.45, 7) is -0.246. The smallest absolute Gasteiger partial charge is 0.345 e. The van der Waals surface area contributed by atoms with Gasteiger partial charge in [0.05, 0.1) is 30.5 Å². The van der Waals surface area contributed by atoms with Gasteiger partial charge in [0.1, 0.15) is 11.5 Å². The van der Waals surface area contributed by atoms with Crippen LogP contribution in [0, 0.1) is 0 Å². The molecule has 0 aliphatic rings. The number of methoxy groups -OCH3 is 1. The number of carbonyl (C=O) groups excluding carboxylic acids is 3. The van der Waals surface area contributed by atoms with Gasteiger partial charge in [-0.05, 0) is 72.3 Å². The SMILES string of the molecule is COc1ccc(C(=O)NCC(=O)N/N=C\c2ccc(OC(=O)c3ccc(Cl)cc3Cl)cc2)cc1. The third-order valence-corrected chi connectivity index (χ3v) is 4.95. The predicted molar refractivity (Wildman–Crippen MR) is 129 cm³/mol. The topological polar surface area (TPSA) is 106 Å². The van der Waals surface area contributed by atoms with Gasteiger partial charge in [0.25, 0.3) is 11.8 Å². The summed E-state index contributed by atoms with van der Waals surface area (Å²) >= 11 is 11.8. The number of hydrazone groups is 1. The van der Waals surface area contributed by atoms with E-state index in [1.807, 2.05) is 0 Å². The van der Waals surface area contributed by atoms with Gasteiger partial charge in [0, 0.05) is 10.6 Å². The third kappa shape index (κ3) is 7.06. The van der Waals surface area contributed by atoms with Crippen LogP contribution in [0.2, 0.25) is 10.0 Å². The van der Waals surface area contributed by atoms with E-state index in [0.717, 1.165) is 0 Å². The highest BCUT2D eigenvalue weighted by Gasteiger charge is 2.13. The second-order valence-corrected chi connectivity index (χ2v) is 7.63. The molecule has 0 atom stereocenters. The Balaban J connectivity index is 1.45. The van der Waals surface area contributed by atoms with Crippen LogP contribution in [0.1, 0.15) is 26.3 Å². The number of nitrogens with one attached hydrogen (secondary N) is 2. The highest BCUT2D eigenvalue weighted by Crippen LogP contribution is 2.23. The second kappa shape index (κ2) is 11.8. The van der Waals surface area contributed by atoms with Crippen LogP contribution < -0.4 is 20.2 Å². The van der Waals surface area contributed by atoms with Crippen LogP contribution >= 0.6 is 23.2 Å². The Hall–Kier alpha value is -3.88. The zero-order chi connectivity index (χ0) is 24.5. The standard InChI is InChI=1S/C24H19Cl2N3O5/c1-33-18-9-4-16(5-10-18)23(31)27-14-22(30)29-28-13-15-2-7-19(8-3-15)34-24(32)20-11-6-17(25)12-21(20)26/h2-13H,14H2,1H3,(H,27,31)(H,29,30)/b28-13-. The number of esters is 1. The quantitative estimate of drug-likeness (QED) is 0.210. The van der Waals surface area contributed by atoms with E-state index < -0.39 is 17.8 Å². The molecule has 3 rings (SSSR count). The summed E-state index contributed by atoms with van der Waals surface area (Å²) in [6, 6.07) is 17.4. The van der Waals surface area contributed by atoms with Gasteiger partial charge in [-0.15, -0.1) is 0 Å². The minimum Gasteiger partial charge on any atom is -0.497 e. The Morgan fingerprint density at radius 1 is 0.941 bits per heavy atom. The van der Waals surface area contributed by atoms with Crippen molar-refractivity contribution < 1.29 is 23.9 Å². The highest BCUT2D eigenvalue weighted by atomic mass is 35.5.